The van der Waals surface area contributed by atoms with Gasteiger partial charge in [0.25, 0.3) is 0 Å². The van der Waals surface area contributed by atoms with Crippen LogP contribution in [0.4, 0.5) is 4.39 Å². The molecule has 0 bridgehead atoms. The van der Waals surface area contributed by atoms with Gasteiger partial charge in [0, 0.05) is 59.7 Å². The number of carbonyl (C=O) groups excluding carboxylic acids is 1. The van der Waals surface area contributed by atoms with E-state index in [2.05, 4.69) is 21.7 Å². The molecular weight excluding hydrogens is 551 g/mol. The van der Waals surface area contributed by atoms with Crippen molar-refractivity contribution in [2.75, 3.05) is 19.0 Å². The molecule has 1 aliphatic carbocycles. The molecule has 42 heavy (non-hydrogen) atoms. The first-order chi connectivity index (χ1) is 20.4. The smallest absolute Gasteiger partial charge is 0.162 e. The summed E-state index contributed by atoms with van der Waals surface area (Å²) in [6.07, 6.45) is 5.75. The normalized spacial score (nSPS) is 17.2. The average molecular weight is 585 g/mol. The van der Waals surface area contributed by atoms with Gasteiger partial charge in [-0.2, -0.15) is 0 Å². The van der Waals surface area contributed by atoms with Crippen molar-refractivity contribution in [3.05, 3.63) is 88.9 Å². The molecule has 0 amide bonds. The van der Waals surface area contributed by atoms with Gasteiger partial charge in [-0.1, -0.05) is 24.3 Å². The first kappa shape index (κ1) is 27.2. The summed E-state index contributed by atoms with van der Waals surface area (Å²) in [6.45, 7) is 2.01. The molecule has 4 aromatic rings. The maximum atomic E-state index is 14.0. The van der Waals surface area contributed by atoms with Gasteiger partial charge in [0.1, 0.15) is 5.82 Å². The number of benzene rings is 3. The quantitative estimate of drug-likeness (QED) is 0.203. The van der Waals surface area contributed by atoms with Crippen LogP contribution in [-0.4, -0.2) is 49.2 Å². The van der Waals surface area contributed by atoms with Crippen molar-refractivity contribution in [2.45, 2.75) is 56.2 Å². The van der Waals surface area contributed by atoms with Gasteiger partial charge in [0.2, 0.25) is 0 Å². The van der Waals surface area contributed by atoms with Crippen molar-refractivity contribution in [3.63, 3.8) is 0 Å². The topological polar surface area (TPSA) is 77.7 Å². The van der Waals surface area contributed by atoms with Gasteiger partial charge in [-0.25, -0.2) is 12.8 Å². The van der Waals surface area contributed by atoms with E-state index in [1.807, 2.05) is 42.6 Å². The molecule has 7 rings (SSSR count). The molecule has 3 aliphatic rings. The van der Waals surface area contributed by atoms with E-state index in [4.69, 9.17) is 4.74 Å². The molecule has 3 aromatic carbocycles. The number of carbonyl (C=O) groups is 1. The number of aromatic nitrogens is 1. The average Bonchev–Trinajstić information content (AvgIpc) is 3.70. The summed E-state index contributed by atoms with van der Waals surface area (Å²) in [5.41, 5.74) is 8.10. The van der Waals surface area contributed by atoms with Crippen molar-refractivity contribution in [1.82, 2.24) is 4.57 Å². The second-order valence-electron chi connectivity index (χ2n) is 11.7. The zero-order valence-corrected chi connectivity index (χ0v) is 24.2. The molecular formula is C34H33FN2O4S. The van der Waals surface area contributed by atoms with Crippen molar-refractivity contribution in [2.24, 2.45) is 4.99 Å². The molecule has 0 atom stereocenters. The van der Waals surface area contributed by atoms with Gasteiger partial charge in [-0.3, -0.25) is 9.79 Å². The minimum atomic E-state index is -3.06. The minimum Gasteiger partial charge on any atom is -0.381 e. The molecule has 8 heteroatoms. The van der Waals surface area contributed by atoms with Gasteiger partial charge in [-0.05, 0) is 85.2 Å². The summed E-state index contributed by atoms with van der Waals surface area (Å²) in [5.74, 6) is -0.000754. The Balaban J connectivity index is 1.30. The van der Waals surface area contributed by atoms with Gasteiger partial charge in [0.15, 0.2) is 15.6 Å². The molecule has 3 heterocycles. The molecule has 0 spiro atoms. The van der Waals surface area contributed by atoms with E-state index in [0.29, 0.717) is 31.7 Å². The first-order valence-corrected chi connectivity index (χ1v) is 16.5. The number of ketones is 1. The molecule has 2 fully saturated rings. The molecule has 1 saturated heterocycles. The third kappa shape index (κ3) is 5.11. The Morgan fingerprint density at radius 2 is 1.71 bits per heavy atom. The highest BCUT2D eigenvalue weighted by molar-refractivity contribution is 7.92. The van der Waals surface area contributed by atoms with Crippen molar-refractivity contribution in [1.29, 1.82) is 0 Å². The Hall–Kier alpha value is -3.62. The predicted molar refractivity (Wildman–Crippen MR) is 163 cm³/mol. The number of hydrogen-bond donors (Lipinski definition) is 0. The van der Waals surface area contributed by atoms with Gasteiger partial charge >= 0.3 is 0 Å². The summed E-state index contributed by atoms with van der Waals surface area (Å²) >= 11 is 0. The molecule has 2 aliphatic heterocycles. The zero-order valence-electron chi connectivity index (χ0n) is 23.4. The summed E-state index contributed by atoms with van der Waals surface area (Å²) in [4.78, 5) is 17.5. The lowest BCUT2D eigenvalue weighted by Crippen LogP contribution is -2.17. The Labute approximate surface area is 245 Å². The van der Waals surface area contributed by atoms with Crippen molar-refractivity contribution in [3.8, 4) is 16.8 Å². The number of nitrogens with zero attached hydrogens (tertiary/aromatic N) is 2. The van der Waals surface area contributed by atoms with Crippen LogP contribution in [0.15, 0.2) is 65.7 Å². The number of aliphatic imine (C=N–C) groups is 1. The summed E-state index contributed by atoms with van der Waals surface area (Å²) in [6, 6.07) is 18.8. The lowest BCUT2D eigenvalue weighted by molar-refractivity contribution is 0.0843. The van der Waals surface area contributed by atoms with Crippen molar-refractivity contribution >= 4 is 32.7 Å². The van der Waals surface area contributed by atoms with Gasteiger partial charge in [0.05, 0.1) is 23.1 Å². The highest BCUT2D eigenvalue weighted by atomic mass is 32.2. The van der Waals surface area contributed by atoms with E-state index >= 15 is 0 Å². The van der Waals surface area contributed by atoms with E-state index < -0.39 is 9.84 Å². The zero-order chi connectivity index (χ0) is 28.8. The Morgan fingerprint density at radius 3 is 2.43 bits per heavy atom. The van der Waals surface area contributed by atoms with Crippen LogP contribution >= 0.6 is 0 Å². The third-order valence-corrected chi connectivity index (χ3v) is 11.2. The van der Waals surface area contributed by atoms with Crippen LogP contribution in [-0.2, 0) is 21.1 Å². The number of rotatable bonds is 9. The highest BCUT2D eigenvalue weighted by Gasteiger charge is 2.35. The van der Waals surface area contributed by atoms with Crippen LogP contribution in [0.3, 0.4) is 0 Å². The van der Waals surface area contributed by atoms with Crippen LogP contribution in [0, 0.1) is 5.82 Å². The summed E-state index contributed by atoms with van der Waals surface area (Å²) < 4.78 is 46.4. The Bertz CT molecular complexity index is 1800. The summed E-state index contributed by atoms with van der Waals surface area (Å²) in [7, 11) is -3.06. The lowest BCUT2D eigenvalue weighted by atomic mass is 9.89. The highest BCUT2D eigenvalue weighted by Crippen LogP contribution is 2.44. The fourth-order valence-electron chi connectivity index (χ4n) is 6.44. The minimum absolute atomic E-state index is 0.0408. The van der Waals surface area contributed by atoms with Crippen LogP contribution in [0.2, 0.25) is 0 Å². The lowest BCUT2D eigenvalue weighted by Gasteiger charge is -2.26. The van der Waals surface area contributed by atoms with E-state index in [1.165, 1.54) is 23.4 Å². The number of ether oxygens (including phenoxy) is 1. The molecule has 1 saturated carbocycles. The molecule has 0 unspecified atom stereocenters. The number of hydrogen-bond acceptors (Lipinski definition) is 5. The third-order valence-electron chi connectivity index (χ3n) is 8.81. The second-order valence-corrected chi connectivity index (χ2v) is 14.1. The predicted octanol–water partition coefficient (Wildman–Crippen LogP) is 6.80. The van der Waals surface area contributed by atoms with Crippen LogP contribution < -0.4 is 0 Å². The van der Waals surface area contributed by atoms with Gasteiger partial charge in [-0.15, -0.1) is 0 Å². The summed E-state index contributed by atoms with van der Waals surface area (Å²) in [5, 5.41) is 0.913. The van der Waals surface area contributed by atoms with Crippen LogP contribution in [0.25, 0.3) is 27.7 Å². The first-order valence-electron chi connectivity index (χ1n) is 14.8. The number of fused-ring (bicyclic) bond motifs is 2. The SMILES string of the molecule is O=C(CCCS(=O)(=O)C1CC1)c1ccc(-c2c(C3CCOCC3)n(-c3ccc(F)cc3)c3cc4c(cc23)CN=C4)cc1. The maximum Gasteiger partial charge on any atom is 0.162 e. The molecule has 6 nitrogen and oxygen atoms in total. The maximum absolute atomic E-state index is 14.0. The van der Waals surface area contributed by atoms with Crippen LogP contribution in [0.1, 0.15) is 71.6 Å². The molecule has 0 radical (unpaired) electrons. The Kier molecular flexibility index (Phi) is 7.06. The molecule has 1 aromatic heterocycles. The van der Waals surface area contributed by atoms with E-state index in [-0.39, 0.29) is 34.9 Å². The number of halogens is 1. The van der Waals surface area contributed by atoms with Crippen LogP contribution in [0.5, 0.6) is 0 Å². The van der Waals surface area contributed by atoms with E-state index in [1.54, 1.807) is 0 Å². The van der Waals surface area contributed by atoms with E-state index in [9.17, 15) is 17.6 Å². The monoisotopic (exact) mass is 584 g/mol. The Morgan fingerprint density at radius 1 is 0.976 bits per heavy atom. The fraction of sp³-hybridized carbons (Fsp3) is 0.353. The van der Waals surface area contributed by atoms with Crippen molar-refractivity contribution < 1.29 is 22.3 Å². The molecule has 0 N–H and O–H groups in total. The standard InChI is InChI=1S/C34H33FN2O4S/c35-27-7-9-28(10-8-27)37-31-19-26-21-36-20-25(26)18-30(31)33(34(37)24-13-15-41-16-14-24)23-5-3-22(4-6-23)32(38)2-1-17-42(39,40)29-11-12-29/h3-10,18-19,21,24,29H,1-2,11-17,20H2. The number of Topliss-reactive ketones (excluding diaryl/α,β-unsaturated/α-hetero) is 1. The second kappa shape index (κ2) is 10.9. The van der Waals surface area contributed by atoms with Gasteiger partial charge < -0.3 is 9.30 Å². The largest absolute Gasteiger partial charge is 0.381 e. The van der Waals surface area contributed by atoms with E-state index in [0.717, 1.165) is 59.0 Å². The fourth-order valence-corrected chi connectivity index (χ4v) is 8.17. The number of sulfone groups is 1. The molecule has 216 valence electrons.